The fourth-order valence-electron chi connectivity index (χ4n) is 3.44. The molecule has 96 valence electrons. The maximum Gasteiger partial charge on any atom is 0.0789 e. The molecule has 2 saturated heterocycles. The van der Waals surface area contributed by atoms with Gasteiger partial charge >= 0.3 is 0 Å². The van der Waals surface area contributed by atoms with E-state index >= 15 is 0 Å². The molecule has 0 amide bonds. The Hall–Kier alpha value is -0.590. The number of hydrogen-bond acceptors (Lipinski definition) is 3. The molecule has 3 nitrogen and oxygen atoms in total. The molecule has 0 aromatic rings. The highest BCUT2D eigenvalue weighted by Gasteiger charge is 2.48. The summed E-state index contributed by atoms with van der Waals surface area (Å²) < 4.78 is 6.15. The van der Waals surface area contributed by atoms with E-state index in [2.05, 4.69) is 38.7 Å². The second-order valence-corrected chi connectivity index (χ2v) is 6.62. The SMILES string of the molecule is CC1(C)CC(N2CCC(C#N)CC2)C(C)(C)O1. The maximum atomic E-state index is 8.94. The summed E-state index contributed by atoms with van der Waals surface area (Å²) in [6, 6.07) is 2.89. The Bertz CT molecular complexity index is 322. The van der Waals surface area contributed by atoms with Gasteiger partial charge in [-0.2, -0.15) is 5.26 Å². The van der Waals surface area contributed by atoms with Gasteiger partial charge in [-0.15, -0.1) is 0 Å². The Morgan fingerprint density at radius 1 is 1.18 bits per heavy atom. The lowest BCUT2D eigenvalue weighted by atomic mass is 9.89. The second-order valence-electron chi connectivity index (χ2n) is 6.62. The first-order valence-corrected chi connectivity index (χ1v) is 6.68. The van der Waals surface area contributed by atoms with Gasteiger partial charge in [0.1, 0.15) is 0 Å². The quantitative estimate of drug-likeness (QED) is 0.702. The molecule has 1 unspecified atom stereocenters. The Morgan fingerprint density at radius 2 is 1.76 bits per heavy atom. The molecule has 2 rings (SSSR count). The first-order chi connectivity index (χ1) is 7.84. The lowest BCUT2D eigenvalue weighted by Crippen LogP contribution is -2.49. The van der Waals surface area contributed by atoms with Gasteiger partial charge in [0.25, 0.3) is 0 Å². The van der Waals surface area contributed by atoms with E-state index in [1.54, 1.807) is 0 Å². The zero-order valence-electron chi connectivity index (χ0n) is 11.5. The van der Waals surface area contributed by atoms with E-state index in [1.807, 2.05) is 0 Å². The lowest BCUT2D eigenvalue weighted by molar-refractivity contribution is -0.0823. The third-order valence-electron chi connectivity index (χ3n) is 4.18. The van der Waals surface area contributed by atoms with Crippen molar-refractivity contribution in [3.8, 4) is 6.07 Å². The molecule has 2 fully saturated rings. The summed E-state index contributed by atoms with van der Waals surface area (Å²) in [5.41, 5.74) is -0.0801. The summed E-state index contributed by atoms with van der Waals surface area (Å²) in [4.78, 5) is 2.53. The third-order valence-corrected chi connectivity index (χ3v) is 4.18. The van der Waals surface area contributed by atoms with Gasteiger partial charge in [-0.1, -0.05) is 0 Å². The summed E-state index contributed by atoms with van der Waals surface area (Å²) in [7, 11) is 0. The van der Waals surface area contributed by atoms with Crippen LogP contribution < -0.4 is 0 Å². The number of nitriles is 1. The topological polar surface area (TPSA) is 36.3 Å². The Morgan fingerprint density at radius 3 is 2.18 bits per heavy atom. The number of nitrogens with zero attached hydrogens (tertiary/aromatic N) is 2. The predicted molar refractivity (Wildman–Crippen MR) is 67.6 cm³/mol. The molecule has 0 bridgehead atoms. The highest BCUT2D eigenvalue weighted by Crippen LogP contribution is 2.41. The maximum absolute atomic E-state index is 8.94. The van der Waals surface area contributed by atoms with Crippen molar-refractivity contribution in [2.24, 2.45) is 5.92 Å². The van der Waals surface area contributed by atoms with Crippen molar-refractivity contribution < 1.29 is 4.74 Å². The molecule has 0 spiro atoms. The van der Waals surface area contributed by atoms with E-state index in [0.29, 0.717) is 6.04 Å². The van der Waals surface area contributed by atoms with Crippen LogP contribution in [0.5, 0.6) is 0 Å². The minimum absolute atomic E-state index is 0.0136. The highest BCUT2D eigenvalue weighted by atomic mass is 16.5. The summed E-state index contributed by atoms with van der Waals surface area (Å²) in [6.45, 7) is 10.8. The molecular formula is C14H24N2O. The number of hydrogen-bond donors (Lipinski definition) is 0. The van der Waals surface area contributed by atoms with E-state index in [4.69, 9.17) is 10.00 Å². The molecule has 0 aliphatic carbocycles. The molecular weight excluding hydrogens is 212 g/mol. The Labute approximate surface area is 105 Å². The zero-order chi connectivity index (χ0) is 12.7. The molecule has 0 aromatic heterocycles. The van der Waals surface area contributed by atoms with Crippen LogP contribution in [0.25, 0.3) is 0 Å². The van der Waals surface area contributed by atoms with Crippen molar-refractivity contribution in [2.45, 2.75) is 64.2 Å². The zero-order valence-corrected chi connectivity index (χ0v) is 11.5. The van der Waals surface area contributed by atoms with Crippen LogP contribution in [0.2, 0.25) is 0 Å². The summed E-state index contributed by atoms with van der Waals surface area (Å²) in [5.74, 6) is 0.268. The number of likely N-dealkylation sites (tertiary alicyclic amines) is 1. The van der Waals surface area contributed by atoms with Crippen LogP contribution in [0.1, 0.15) is 47.0 Å². The van der Waals surface area contributed by atoms with Crippen LogP contribution in [0.15, 0.2) is 0 Å². The fraction of sp³-hybridized carbons (Fsp3) is 0.929. The van der Waals surface area contributed by atoms with Crippen LogP contribution in [0, 0.1) is 17.2 Å². The van der Waals surface area contributed by atoms with E-state index in [0.717, 1.165) is 32.4 Å². The van der Waals surface area contributed by atoms with Crippen LogP contribution in [-0.4, -0.2) is 35.2 Å². The molecule has 1 atom stereocenters. The molecule has 0 saturated carbocycles. The number of ether oxygens (including phenoxy) is 1. The first kappa shape index (κ1) is 12.9. The van der Waals surface area contributed by atoms with Gasteiger partial charge in [0.15, 0.2) is 0 Å². The van der Waals surface area contributed by atoms with Gasteiger partial charge in [0.05, 0.1) is 17.3 Å². The van der Waals surface area contributed by atoms with E-state index in [9.17, 15) is 0 Å². The van der Waals surface area contributed by atoms with Gasteiger partial charge in [0.2, 0.25) is 0 Å². The van der Waals surface area contributed by atoms with Gasteiger partial charge in [-0.3, -0.25) is 4.90 Å². The van der Waals surface area contributed by atoms with Crippen molar-refractivity contribution in [2.75, 3.05) is 13.1 Å². The average molecular weight is 236 g/mol. The molecule has 0 aromatic carbocycles. The standard InChI is InChI=1S/C14H24N2O/c1-13(2)9-12(14(3,4)17-13)16-7-5-11(10-15)6-8-16/h11-12H,5-9H2,1-4H3. The van der Waals surface area contributed by atoms with Crippen LogP contribution in [-0.2, 0) is 4.74 Å². The molecule has 2 aliphatic heterocycles. The monoisotopic (exact) mass is 236 g/mol. The normalized spacial score (nSPS) is 33.5. The molecule has 3 heteroatoms. The van der Waals surface area contributed by atoms with E-state index < -0.39 is 0 Å². The van der Waals surface area contributed by atoms with Crippen molar-refractivity contribution in [3.63, 3.8) is 0 Å². The van der Waals surface area contributed by atoms with Crippen LogP contribution in [0.4, 0.5) is 0 Å². The molecule has 2 heterocycles. The summed E-state index contributed by atoms with van der Waals surface area (Å²) in [6.07, 6.45) is 3.13. The van der Waals surface area contributed by atoms with Gasteiger partial charge in [-0.05, 0) is 60.0 Å². The third kappa shape index (κ3) is 2.64. The largest absolute Gasteiger partial charge is 0.368 e. The second kappa shape index (κ2) is 4.26. The van der Waals surface area contributed by atoms with Crippen LogP contribution in [0.3, 0.4) is 0 Å². The van der Waals surface area contributed by atoms with Crippen molar-refractivity contribution in [1.82, 2.24) is 4.90 Å². The van der Waals surface area contributed by atoms with E-state index in [-0.39, 0.29) is 17.1 Å². The van der Waals surface area contributed by atoms with Crippen molar-refractivity contribution >= 4 is 0 Å². The molecule has 2 aliphatic rings. The number of rotatable bonds is 1. The number of piperidine rings is 1. The van der Waals surface area contributed by atoms with Crippen molar-refractivity contribution in [1.29, 1.82) is 5.26 Å². The van der Waals surface area contributed by atoms with Gasteiger partial charge < -0.3 is 4.74 Å². The molecule has 17 heavy (non-hydrogen) atoms. The Kier molecular flexibility index (Phi) is 3.22. The Balaban J connectivity index is 2.02. The van der Waals surface area contributed by atoms with Gasteiger partial charge in [0, 0.05) is 12.0 Å². The fourth-order valence-corrected chi connectivity index (χ4v) is 3.44. The molecule has 0 N–H and O–H groups in total. The van der Waals surface area contributed by atoms with Gasteiger partial charge in [-0.25, -0.2) is 0 Å². The predicted octanol–water partition coefficient (Wildman–Crippen LogP) is 2.57. The summed E-state index contributed by atoms with van der Waals surface area (Å²) in [5, 5.41) is 8.94. The molecule has 0 radical (unpaired) electrons. The minimum Gasteiger partial charge on any atom is -0.368 e. The van der Waals surface area contributed by atoms with Crippen molar-refractivity contribution in [3.05, 3.63) is 0 Å². The van der Waals surface area contributed by atoms with Crippen LogP contribution >= 0.6 is 0 Å². The minimum atomic E-state index is -0.0665. The first-order valence-electron chi connectivity index (χ1n) is 6.68. The highest BCUT2D eigenvalue weighted by molar-refractivity contribution is 5.01. The lowest BCUT2D eigenvalue weighted by Gasteiger charge is -2.39. The smallest absolute Gasteiger partial charge is 0.0789 e. The average Bonchev–Trinajstić information content (AvgIpc) is 2.47. The van der Waals surface area contributed by atoms with E-state index in [1.165, 1.54) is 0 Å². The summed E-state index contributed by atoms with van der Waals surface area (Å²) >= 11 is 0.